The molecule has 14 heavy (non-hydrogen) atoms. The summed E-state index contributed by atoms with van der Waals surface area (Å²) in [6.07, 6.45) is 2.38. The van der Waals surface area contributed by atoms with Crippen LogP contribution < -0.4 is 11.3 Å². The van der Waals surface area contributed by atoms with E-state index in [2.05, 4.69) is 39.3 Å². The molecule has 1 saturated carbocycles. The zero-order valence-corrected chi connectivity index (χ0v) is 10.3. The van der Waals surface area contributed by atoms with Crippen LogP contribution in [0.2, 0.25) is 0 Å². The highest BCUT2D eigenvalue weighted by Crippen LogP contribution is 2.29. The fourth-order valence-corrected chi connectivity index (χ4v) is 2.63. The fraction of sp³-hybridized carbons (Fsp3) is 0.444. The largest absolute Gasteiger partial charge is 0.308 e. The van der Waals surface area contributed by atoms with Crippen molar-refractivity contribution in [1.82, 2.24) is 5.43 Å². The van der Waals surface area contributed by atoms with Crippen molar-refractivity contribution in [2.24, 2.45) is 10.8 Å². The Balaban J connectivity index is 2.26. The van der Waals surface area contributed by atoms with Gasteiger partial charge in [-0.05, 0) is 47.3 Å². The number of halogens is 1. The first-order chi connectivity index (χ1) is 6.70. The number of amidine groups is 1. The van der Waals surface area contributed by atoms with Gasteiger partial charge in [0, 0.05) is 0 Å². The Morgan fingerprint density at radius 2 is 2.43 bits per heavy atom. The minimum atomic E-state index is 0.488. The second-order valence-corrected chi connectivity index (χ2v) is 5.79. The summed E-state index contributed by atoms with van der Waals surface area (Å²) in [6, 6.07) is 2.58. The number of nitrogens with zero attached hydrogens (tertiary/aromatic N) is 1. The third kappa shape index (κ3) is 2.16. The molecule has 5 heteroatoms. The van der Waals surface area contributed by atoms with Crippen molar-refractivity contribution in [2.45, 2.75) is 25.8 Å². The van der Waals surface area contributed by atoms with Gasteiger partial charge in [-0.25, -0.2) is 5.84 Å². The molecule has 1 aromatic heterocycles. The average Bonchev–Trinajstić information content (AvgIpc) is 2.91. The van der Waals surface area contributed by atoms with Crippen molar-refractivity contribution >= 4 is 33.1 Å². The lowest BCUT2D eigenvalue weighted by Crippen LogP contribution is -2.30. The molecular formula is C9H12BrN3S. The first-order valence-electron chi connectivity index (χ1n) is 4.51. The average molecular weight is 274 g/mol. The SMILES string of the molecule is Cc1cc(C(=NC2CC2)NN)sc1Br. The van der Waals surface area contributed by atoms with Crippen LogP contribution in [0.3, 0.4) is 0 Å². The van der Waals surface area contributed by atoms with Crippen molar-refractivity contribution in [3.8, 4) is 0 Å². The minimum Gasteiger partial charge on any atom is -0.308 e. The van der Waals surface area contributed by atoms with Crippen molar-refractivity contribution in [3.05, 3.63) is 20.3 Å². The molecule has 1 fully saturated rings. The Labute approximate surface area is 95.5 Å². The molecule has 1 heterocycles. The van der Waals surface area contributed by atoms with Crippen LogP contribution >= 0.6 is 27.3 Å². The van der Waals surface area contributed by atoms with E-state index in [1.54, 1.807) is 11.3 Å². The van der Waals surface area contributed by atoms with E-state index in [4.69, 9.17) is 5.84 Å². The van der Waals surface area contributed by atoms with Gasteiger partial charge in [-0.3, -0.25) is 4.99 Å². The van der Waals surface area contributed by atoms with E-state index in [-0.39, 0.29) is 0 Å². The summed E-state index contributed by atoms with van der Waals surface area (Å²) in [5, 5.41) is 0. The normalized spacial score (nSPS) is 17.2. The molecule has 1 aliphatic rings. The quantitative estimate of drug-likeness (QED) is 0.376. The molecule has 0 atom stereocenters. The number of aliphatic imine (C=N–C) groups is 1. The number of nitrogens with one attached hydrogen (secondary N) is 1. The third-order valence-electron chi connectivity index (χ3n) is 2.09. The van der Waals surface area contributed by atoms with E-state index in [1.165, 1.54) is 18.4 Å². The smallest absolute Gasteiger partial charge is 0.153 e. The van der Waals surface area contributed by atoms with Gasteiger partial charge in [0.1, 0.15) is 0 Å². The van der Waals surface area contributed by atoms with Crippen LogP contribution in [0.5, 0.6) is 0 Å². The number of aryl methyl sites for hydroxylation is 1. The Morgan fingerprint density at radius 1 is 1.71 bits per heavy atom. The molecule has 0 amide bonds. The Bertz CT molecular complexity index is 349. The monoisotopic (exact) mass is 273 g/mol. The second-order valence-electron chi connectivity index (χ2n) is 3.42. The standard InChI is InChI=1S/C9H12BrN3S/c1-5-4-7(14-8(5)10)9(13-11)12-6-2-3-6/h4,6H,2-3,11H2,1H3,(H,12,13). The van der Waals surface area contributed by atoms with Crippen molar-refractivity contribution < 1.29 is 0 Å². The Hall–Kier alpha value is -0.390. The van der Waals surface area contributed by atoms with E-state index in [1.807, 2.05) is 0 Å². The summed E-state index contributed by atoms with van der Waals surface area (Å²) in [5.74, 6) is 6.26. The molecule has 3 nitrogen and oxygen atoms in total. The van der Waals surface area contributed by atoms with Gasteiger partial charge in [0.2, 0.25) is 0 Å². The molecule has 76 valence electrons. The Morgan fingerprint density at radius 3 is 2.86 bits per heavy atom. The molecule has 0 aliphatic heterocycles. The molecule has 1 aliphatic carbocycles. The lowest BCUT2D eigenvalue weighted by Gasteiger charge is -2.01. The molecule has 0 spiro atoms. The van der Waals surface area contributed by atoms with Crippen LogP contribution in [0.4, 0.5) is 0 Å². The maximum absolute atomic E-state index is 5.45. The fourth-order valence-electron chi connectivity index (χ4n) is 1.13. The number of hydrogen-bond acceptors (Lipinski definition) is 3. The first kappa shape index (κ1) is 10.1. The second kappa shape index (κ2) is 4.00. The lowest BCUT2D eigenvalue weighted by molar-refractivity contribution is 0.974. The molecule has 2 rings (SSSR count). The highest BCUT2D eigenvalue weighted by atomic mass is 79.9. The molecule has 3 N–H and O–H groups in total. The molecular weight excluding hydrogens is 262 g/mol. The van der Waals surface area contributed by atoms with Crippen LogP contribution in [0.25, 0.3) is 0 Å². The minimum absolute atomic E-state index is 0.488. The number of rotatable bonds is 2. The summed E-state index contributed by atoms with van der Waals surface area (Å²) in [5.41, 5.74) is 3.90. The van der Waals surface area contributed by atoms with E-state index >= 15 is 0 Å². The van der Waals surface area contributed by atoms with Gasteiger partial charge in [-0.1, -0.05) is 0 Å². The summed E-state index contributed by atoms with van der Waals surface area (Å²) < 4.78 is 1.14. The van der Waals surface area contributed by atoms with E-state index in [0.29, 0.717) is 6.04 Å². The van der Waals surface area contributed by atoms with E-state index in [0.717, 1.165) is 14.5 Å². The van der Waals surface area contributed by atoms with E-state index < -0.39 is 0 Å². The topological polar surface area (TPSA) is 50.4 Å². The molecule has 1 aromatic rings. The first-order valence-corrected chi connectivity index (χ1v) is 6.12. The molecule has 0 bridgehead atoms. The highest BCUT2D eigenvalue weighted by Gasteiger charge is 2.21. The van der Waals surface area contributed by atoms with Gasteiger partial charge in [0.15, 0.2) is 5.84 Å². The zero-order chi connectivity index (χ0) is 10.1. The van der Waals surface area contributed by atoms with Gasteiger partial charge in [0.05, 0.1) is 14.7 Å². The maximum Gasteiger partial charge on any atom is 0.153 e. The summed E-state index contributed by atoms with van der Waals surface area (Å²) in [7, 11) is 0. The highest BCUT2D eigenvalue weighted by molar-refractivity contribution is 9.11. The van der Waals surface area contributed by atoms with Crippen LogP contribution in [0.1, 0.15) is 23.3 Å². The molecule has 0 unspecified atom stereocenters. The van der Waals surface area contributed by atoms with Crippen LogP contribution in [-0.2, 0) is 0 Å². The predicted octanol–water partition coefficient (Wildman–Crippen LogP) is 2.19. The third-order valence-corrected chi connectivity index (χ3v) is 4.23. The van der Waals surface area contributed by atoms with Gasteiger partial charge in [-0.15, -0.1) is 11.3 Å². The number of thiophene rings is 1. The molecule has 0 radical (unpaired) electrons. The molecule has 0 aromatic carbocycles. The maximum atomic E-state index is 5.45. The van der Waals surface area contributed by atoms with Gasteiger partial charge >= 0.3 is 0 Å². The lowest BCUT2D eigenvalue weighted by atomic mass is 10.3. The summed E-state index contributed by atoms with van der Waals surface area (Å²) in [4.78, 5) is 5.60. The number of nitrogens with two attached hydrogens (primary N) is 1. The van der Waals surface area contributed by atoms with Crippen molar-refractivity contribution in [1.29, 1.82) is 0 Å². The van der Waals surface area contributed by atoms with Gasteiger partial charge in [0.25, 0.3) is 0 Å². The van der Waals surface area contributed by atoms with E-state index in [9.17, 15) is 0 Å². The van der Waals surface area contributed by atoms with Crippen LogP contribution in [-0.4, -0.2) is 11.9 Å². The Kier molecular flexibility index (Phi) is 2.90. The molecule has 0 saturated heterocycles. The zero-order valence-electron chi connectivity index (χ0n) is 7.88. The summed E-state index contributed by atoms with van der Waals surface area (Å²) in [6.45, 7) is 2.06. The number of hydrazine groups is 1. The predicted molar refractivity (Wildman–Crippen MR) is 63.6 cm³/mol. The van der Waals surface area contributed by atoms with Gasteiger partial charge < -0.3 is 5.43 Å². The summed E-state index contributed by atoms with van der Waals surface area (Å²) >= 11 is 5.15. The van der Waals surface area contributed by atoms with Crippen molar-refractivity contribution in [2.75, 3.05) is 0 Å². The number of hydrogen-bond donors (Lipinski definition) is 2. The van der Waals surface area contributed by atoms with Gasteiger partial charge in [-0.2, -0.15) is 0 Å². The van der Waals surface area contributed by atoms with Crippen LogP contribution in [0.15, 0.2) is 14.8 Å². The van der Waals surface area contributed by atoms with Crippen LogP contribution in [0, 0.1) is 6.92 Å². The van der Waals surface area contributed by atoms with Crippen molar-refractivity contribution in [3.63, 3.8) is 0 Å².